The first-order chi connectivity index (χ1) is 16.4. The fourth-order valence-corrected chi connectivity index (χ4v) is 3.79. The van der Waals surface area contributed by atoms with Gasteiger partial charge in [0.2, 0.25) is 5.91 Å². The van der Waals surface area contributed by atoms with Gasteiger partial charge in [0.1, 0.15) is 18.3 Å². The van der Waals surface area contributed by atoms with Gasteiger partial charge in [0.15, 0.2) is 0 Å². The number of para-hydroxylation sites is 2. The van der Waals surface area contributed by atoms with Crippen LogP contribution in [0.15, 0.2) is 84.9 Å². The predicted octanol–water partition coefficient (Wildman–Crippen LogP) is 4.43. The highest BCUT2D eigenvalue weighted by molar-refractivity contribution is 6.08. The van der Waals surface area contributed by atoms with Crippen LogP contribution in [0.25, 0.3) is 0 Å². The number of hydrogen-bond donors (Lipinski definition) is 1. The van der Waals surface area contributed by atoms with Gasteiger partial charge in [-0.15, -0.1) is 0 Å². The maximum absolute atomic E-state index is 13.3. The van der Waals surface area contributed by atoms with E-state index in [9.17, 15) is 23.2 Å². The summed E-state index contributed by atoms with van der Waals surface area (Å²) in [6.07, 6.45) is 0. The number of imide groups is 1. The molecule has 0 radical (unpaired) electrons. The van der Waals surface area contributed by atoms with Gasteiger partial charge in [-0.1, -0.05) is 72.8 Å². The minimum atomic E-state index is -3.07. The highest BCUT2D eigenvalue weighted by atomic mass is 19.3. The summed E-state index contributed by atoms with van der Waals surface area (Å²) in [5.41, 5.74) is 1.46. The van der Waals surface area contributed by atoms with E-state index in [1.807, 2.05) is 30.3 Å². The van der Waals surface area contributed by atoms with E-state index in [4.69, 9.17) is 0 Å². The van der Waals surface area contributed by atoms with Gasteiger partial charge >= 0.3 is 12.6 Å². The number of amides is 4. The number of halogens is 2. The molecule has 0 saturated carbocycles. The van der Waals surface area contributed by atoms with E-state index in [0.717, 1.165) is 10.5 Å². The number of alkyl halides is 2. The van der Waals surface area contributed by atoms with Gasteiger partial charge in [0, 0.05) is 6.54 Å². The first kappa shape index (κ1) is 22.9. The second-order valence-electron chi connectivity index (χ2n) is 7.56. The van der Waals surface area contributed by atoms with E-state index < -0.39 is 37.0 Å². The maximum atomic E-state index is 13.3. The van der Waals surface area contributed by atoms with Crippen LogP contribution in [0.4, 0.5) is 19.3 Å². The van der Waals surface area contributed by atoms with Crippen molar-refractivity contribution in [1.82, 2.24) is 9.80 Å². The summed E-state index contributed by atoms with van der Waals surface area (Å²) in [5, 5.41) is 2.44. The molecule has 9 heteroatoms. The minimum Gasteiger partial charge on any atom is -0.433 e. The Morgan fingerprint density at radius 1 is 0.912 bits per heavy atom. The van der Waals surface area contributed by atoms with Crippen molar-refractivity contribution in [3.63, 3.8) is 0 Å². The summed E-state index contributed by atoms with van der Waals surface area (Å²) >= 11 is 0. The first-order valence-electron chi connectivity index (χ1n) is 10.5. The molecule has 0 aliphatic carbocycles. The number of anilines is 1. The van der Waals surface area contributed by atoms with Crippen LogP contribution in [-0.4, -0.2) is 40.8 Å². The van der Waals surface area contributed by atoms with Crippen molar-refractivity contribution in [2.75, 3.05) is 11.9 Å². The summed E-state index contributed by atoms with van der Waals surface area (Å²) in [6, 6.07) is 22.2. The Balaban J connectivity index is 1.55. The number of benzene rings is 3. The van der Waals surface area contributed by atoms with Crippen molar-refractivity contribution in [3.8, 4) is 5.75 Å². The Bertz CT molecular complexity index is 1180. The molecule has 4 rings (SSSR count). The molecule has 1 aliphatic heterocycles. The van der Waals surface area contributed by atoms with Crippen molar-refractivity contribution >= 4 is 23.5 Å². The third-order valence-electron chi connectivity index (χ3n) is 5.28. The highest BCUT2D eigenvalue weighted by Gasteiger charge is 2.46. The normalized spacial score (nSPS) is 15.7. The molecule has 1 N–H and O–H groups in total. The lowest BCUT2D eigenvalue weighted by Crippen LogP contribution is -2.38. The average Bonchev–Trinajstić information content (AvgIpc) is 3.05. The highest BCUT2D eigenvalue weighted by Crippen LogP contribution is 2.33. The number of urea groups is 1. The monoisotopic (exact) mass is 465 g/mol. The predicted molar refractivity (Wildman–Crippen MR) is 120 cm³/mol. The van der Waals surface area contributed by atoms with E-state index in [1.54, 1.807) is 30.3 Å². The average molecular weight is 465 g/mol. The van der Waals surface area contributed by atoms with Gasteiger partial charge in [0.25, 0.3) is 5.91 Å². The lowest BCUT2D eigenvalue weighted by Gasteiger charge is -2.22. The van der Waals surface area contributed by atoms with Crippen LogP contribution in [0.1, 0.15) is 17.2 Å². The second-order valence-corrected chi connectivity index (χ2v) is 7.56. The molecule has 0 bridgehead atoms. The summed E-state index contributed by atoms with van der Waals surface area (Å²) in [7, 11) is 0. The zero-order valence-electron chi connectivity index (χ0n) is 17.9. The number of carbonyl (C=O) groups excluding carboxylic acids is 3. The zero-order chi connectivity index (χ0) is 24.1. The summed E-state index contributed by atoms with van der Waals surface area (Å²) in [4.78, 5) is 41.5. The first-order valence-corrected chi connectivity index (χ1v) is 10.5. The molecule has 1 saturated heterocycles. The Hall–Kier alpha value is -4.27. The molecule has 174 valence electrons. The summed E-state index contributed by atoms with van der Waals surface area (Å²) < 4.78 is 29.7. The molecule has 4 amide bonds. The van der Waals surface area contributed by atoms with Crippen molar-refractivity contribution in [2.24, 2.45) is 0 Å². The minimum absolute atomic E-state index is 0.00708. The van der Waals surface area contributed by atoms with Crippen molar-refractivity contribution in [3.05, 3.63) is 96.1 Å². The Morgan fingerprint density at radius 2 is 1.53 bits per heavy atom. The van der Waals surface area contributed by atoms with Crippen LogP contribution in [-0.2, 0) is 16.1 Å². The second kappa shape index (κ2) is 10.1. The smallest absolute Gasteiger partial charge is 0.387 e. The number of nitrogens with zero attached hydrogens (tertiary/aromatic N) is 2. The Labute approximate surface area is 194 Å². The maximum Gasteiger partial charge on any atom is 0.387 e. The topological polar surface area (TPSA) is 79.0 Å². The van der Waals surface area contributed by atoms with E-state index in [-0.39, 0.29) is 18.0 Å². The third-order valence-corrected chi connectivity index (χ3v) is 5.28. The summed E-state index contributed by atoms with van der Waals surface area (Å²) in [5.74, 6) is -1.49. The third kappa shape index (κ3) is 5.03. The molecule has 3 aromatic rings. The fourth-order valence-electron chi connectivity index (χ4n) is 3.79. The fraction of sp³-hybridized carbons (Fsp3) is 0.160. The molecule has 0 spiro atoms. The molecule has 7 nitrogen and oxygen atoms in total. The SMILES string of the molecule is O=C(CN1C(=O)[C@@H](c2ccccc2)N(Cc2ccccc2)C1=O)Nc1ccccc1OC(F)F. The van der Waals surface area contributed by atoms with E-state index in [1.165, 1.54) is 29.2 Å². The molecular weight excluding hydrogens is 444 g/mol. The number of ether oxygens (including phenoxy) is 1. The molecule has 34 heavy (non-hydrogen) atoms. The molecule has 0 unspecified atom stereocenters. The van der Waals surface area contributed by atoms with Crippen molar-refractivity contribution in [2.45, 2.75) is 19.2 Å². The summed E-state index contributed by atoms with van der Waals surface area (Å²) in [6.45, 7) is -3.47. The van der Waals surface area contributed by atoms with Crippen molar-refractivity contribution in [1.29, 1.82) is 0 Å². The number of carbonyl (C=O) groups is 3. The standard InChI is InChI=1S/C25H21F2N3O4/c26-24(27)34-20-14-8-7-13-19(20)28-21(31)16-30-23(32)22(18-11-5-2-6-12-18)29(25(30)33)15-17-9-3-1-4-10-17/h1-14,22,24H,15-16H2,(H,28,31)/t22-/m1/s1. The van der Waals surface area contributed by atoms with Gasteiger partial charge < -0.3 is 15.0 Å². The molecule has 1 heterocycles. The number of hydrogen-bond acceptors (Lipinski definition) is 4. The molecular formula is C25H21F2N3O4. The van der Waals surface area contributed by atoms with Crippen LogP contribution in [0.5, 0.6) is 5.75 Å². The lowest BCUT2D eigenvalue weighted by molar-refractivity contribution is -0.131. The van der Waals surface area contributed by atoms with Crippen LogP contribution < -0.4 is 10.1 Å². The molecule has 3 aromatic carbocycles. The van der Waals surface area contributed by atoms with Gasteiger partial charge in [-0.05, 0) is 23.3 Å². The Morgan fingerprint density at radius 3 is 2.21 bits per heavy atom. The number of nitrogens with one attached hydrogen (secondary N) is 1. The lowest BCUT2D eigenvalue weighted by atomic mass is 10.1. The Kier molecular flexibility index (Phi) is 6.82. The van der Waals surface area contributed by atoms with E-state index in [2.05, 4.69) is 10.1 Å². The van der Waals surface area contributed by atoms with Gasteiger partial charge in [-0.25, -0.2) is 4.79 Å². The van der Waals surface area contributed by atoms with Gasteiger partial charge in [0.05, 0.1) is 5.69 Å². The van der Waals surface area contributed by atoms with Crippen LogP contribution in [0, 0.1) is 0 Å². The quantitative estimate of drug-likeness (QED) is 0.499. The zero-order valence-corrected chi connectivity index (χ0v) is 17.9. The molecule has 1 atom stereocenters. The van der Waals surface area contributed by atoms with E-state index in [0.29, 0.717) is 5.56 Å². The van der Waals surface area contributed by atoms with E-state index >= 15 is 0 Å². The molecule has 1 fully saturated rings. The van der Waals surface area contributed by atoms with Crippen LogP contribution >= 0.6 is 0 Å². The molecule has 0 aromatic heterocycles. The van der Waals surface area contributed by atoms with Gasteiger partial charge in [-0.2, -0.15) is 8.78 Å². The molecule has 1 aliphatic rings. The largest absolute Gasteiger partial charge is 0.433 e. The van der Waals surface area contributed by atoms with Crippen LogP contribution in [0.3, 0.4) is 0 Å². The number of rotatable bonds is 8. The van der Waals surface area contributed by atoms with Gasteiger partial charge in [-0.3, -0.25) is 14.5 Å². The van der Waals surface area contributed by atoms with Crippen molar-refractivity contribution < 1.29 is 27.9 Å². The van der Waals surface area contributed by atoms with Crippen LogP contribution in [0.2, 0.25) is 0 Å².